The van der Waals surface area contributed by atoms with Crippen molar-refractivity contribution >= 4 is 5.82 Å². The fourth-order valence-corrected chi connectivity index (χ4v) is 1.68. The summed E-state index contributed by atoms with van der Waals surface area (Å²) in [5.74, 6) is 1.54. The lowest BCUT2D eigenvalue weighted by Crippen LogP contribution is -2.04. The molecular formula is C14H16N2O. The van der Waals surface area contributed by atoms with Gasteiger partial charge >= 0.3 is 0 Å². The lowest BCUT2D eigenvalue weighted by atomic mass is 10.1. The predicted molar refractivity (Wildman–Crippen MR) is 69.3 cm³/mol. The number of pyridine rings is 1. The Balaban J connectivity index is 2.10. The molecule has 2 rings (SSSR count). The molecule has 0 aliphatic carbocycles. The summed E-state index contributed by atoms with van der Waals surface area (Å²) >= 11 is 0. The minimum Gasteiger partial charge on any atom is -0.493 e. The van der Waals surface area contributed by atoms with Crippen molar-refractivity contribution in [2.45, 2.75) is 13.5 Å². The van der Waals surface area contributed by atoms with Crippen LogP contribution in [0.25, 0.3) is 0 Å². The zero-order chi connectivity index (χ0) is 12.1. The number of benzene rings is 1. The summed E-state index contributed by atoms with van der Waals surface area (Å²) in [6, 6.07) is 12.1. The molecule has 0 aliphatic heterocycles. The van der Waals surface area contributed by atoms with Crippen LogP contribution in [0.3, 0.4) is 0 Å². The molecule has 0 atom stereocenters. The van der Waals surface area contributed by atoms with E-state index in [1.165, 1.54) is 11.1 Å². The highest BCUT2D eigenvalue weighted by Gasteiger charge is 2.03. The Labute approximate surface area is 101 Å². The second-order valence-electron chi connectivity index (χ2n) is 3.83. The van der Waals surface area contributed by atoms with Crippen LogP contribution in [-0.4, -0.2) is 12.1 Å². The van der Waals surface area contributed by atoms with Gasteiger partial charge in [-0.15, -0.1) is 0 Å². The highest BCUT2D eigenvalue weighted by Crippen LogP contribution is 2.21. The first-order chi connectivity index (χ1) is 8.31. The first kappa shape index (κ1) is 11.5. The van der Waals surface area contributed by atoms with E-state index in [2.05, 4.69) is 29.4 Å². The highest BCUT2D eigenvalue weighted by molar-refractivity contribution is 5.50. The molecule has 3 nitrogen and oxygen atoms in total. The van der Waals surface area contributed by atoms with Crippen molar-refractivity contribution in [1.82, 2.24) is 4.98 Å². The van der Waals surface area contributed by atoms with Gasteiger partial charge in [-0.1, -0.05) is 24.3 Å². The Bertz CT molecular complexity index is 497. The first-order valence-corrected chi connectivity index (χ1v) is 5.58. The molecule has 0 aliphatic rings. The Morgan fingerprint density at radius 3 is 2.76 bits per heavy atom. The third kappa shape index (κ3) is 2.75. The average Bonchev–Trinajstić information content (AvgIpc) is 2.38. The third-order valence-corrected chi connectivity index (χ3v) is 2.70. The molecular weight excluding hydrogens is 212 g/mol. The van der Waals surface area contributed by atoms with Crippen LogP contribution >= 0.6 is 0 Å². The second kappa shape index (κ2) is 5.34. The van der Waals surface area contributed by atoms with E-state index in [0.717, 1.165) is 18.1 Å². The summed E-state index contributed by atoms with van der Waals surface area (Å²) in [6.45, 7) is 2.85. The summed E-state index contributed by atoms with van der Waals surface area (Å²) in [5.41, 5.74) is 2.54. The number of hydrogen-bond donors (Lipinski definition) is 1. The molecule has 0 radical (unpaired) electrons. The third-order valence-electron chi connectivity index (χ3n) is 2.70. The maximum atomic E-state index is 5.24. The Kier molecular flexibility index (Phi) is 3.60. The molecule has 0 unspecified atom stereocenters. The smallest absolute Gasteiger partial charge is 0.168 e. The molecule has 0 bridgehead atoms. The number of nitrogens with one attached hydrogen (secondary N) is 1. The molecule has 17 heavy (non-hydrogen) atoms. The van der Waals surface area contributed by atoms with E-state index < -0.39 is 0 Å². The maximum absolute atomic E-state index is 5.24. The van der Waals surface area contributed by atoms with E-state index in [4.69, 9.17) is 4.74 Å². The number of aromatic nitrogens is 1. The Morgan fingerprint density at radius 2 is 2.00 bits per heavy atom. The SMILES string of the molecule is COc1cccnc1NCc1ccccc1C. The largest absolute Gasteiger partial charge is 0.493 e. The van der Waals surface area contributed by atoms with Gasteiger partial charge in [0.25, 0.3) is 0 Å². The maximum Gasteiger partial charge on any atom is 0.168 e. The number of anilines is 1. The molecule has 1 N–H and O–H groups in total. The number of hydrogen-bond acceptors (Lipinski definition) is 3. The molecule has 0 saturated heterocycles. The standard InChI is InChI=1S/C14H16N2O/c1-11-6-3-4-7-12(11)10-16-14-13(17-2)8-5-9-15-14/h3-9H,10H2,1-2H3,(H,15,16). The van der Waals surface area contributed by atoms with Crippen molar-refractivity contribution in [2.24, 2.45) is 0 Å². The molecule has 1 heterocycles. The summed E-state index contributed by atoms with van der Waals surface area (Å²) in [5, 5.41) is 3.29. The van der Waals surface area contributed by atoms with Crippen LogP contribution in [0.5, 0.6) is 5.75 Å². The van der Waals surface area contributed by atoms with Gasteiger partial charge < -0.3 is 10.1 Å². The van der Waals surface area contributed by atoms with E-state index in [0.29, 0.717) is 0 Å². The van der Waals surface area contributed by atoms with Gasteiger partial charge in [-0.3, -0.25) is 0 Å². The molecule has 1 aromatic heterocycles. The van der Waals surface area contributed by atoms with E-state index in [9.17, 15) is 0 Å². The van der Waals surface area contributed by atoms with Crippen LogP contribution in [0, 0.1) is 6.92 Å². The summed E-state index contributed by atoms with van der Waals surface area (Å²) in [4.78, 5) is 4.26. The highest BCUT2D eigenvalue weighted by atomic mass is 16.5. The number of aryl methyl sites for hydroxylation is 1. The normalized spacial score (nSPS) is 10.0. The zero-order valence-corrected chi connectivity index (χ0v) is 10.1. The molecule has 1 aromatic carbocycles. The monoisotopic (exact) mass is 228 g/mol. The van der Waals surface area contributed by atoms with E-state index >= 15 is 0 Å². The van der Waals surface area contributed by atoms with Crippen molar-refractivity contribution in [2.75, 3.05) is 12.4 Å². The average molecular weight is 228 g/mol. The van der Waals surface area contributed by atoms with Gasteiger partial charge in [0.1, 0.15) is 0 Å². The molecule has 0 saturated carbocycles. The first-order valence-electron chi connectivity index (χ1n) is 5.58. The van der Waals surface area contributed by atoms with Gasteiger partial charge in [0.2, 0.25) is 0 Å². The van der Waals surface area contributed by atoms with Crippen LogP contribution in [0.1, 0.15) is 11.1 Å². The number of nitrogens with zero attached hydrogens (tertiary/aromatic N) is 1. The topological polar surface area (TPSA) is 34.1 Å². The van der Waals surface area contributed by atoms with E-state index in [-0.39, 0.29) is 0 Å². The van der Waals surface area contributed by atoms with Crippen molar-refractivity contribution in [3.63, 3.8) is 0 Å². The molecule has 0 amide bonds. The van der Waals surface area contributed by atoms with Gasteiger partial charge in [-0.2, -0.15) is 0 Å². The quantitative estimate of drug-likeness (QED) is 0.873. The minimum atomic E-state index is 0.750. The second-order valence-corrected chi connectivity index (χ2v) is 3.83. The molecule has 2 aromatic rings. The predicted octanol–water partition coefficient (Wildman–Crippen LogP) is 3.01. The number of rotatable bonds is 4. The Morgan fingerprint density at radius 1 is 1.18 bits per heavy atom. The van der Waals surface area contributed by atoms with Crippen molar-refractivity contribution in [1.29, 1.82) is 0 Å². The lowest BCUT2D eigenvalue weighted by Gasteiger charge is -2.10. The van der Waals surface area contributed by atoms with Crippen molar-refractivity contribution in [3.8, 4) is 5.75 Å². The number of ether oxygens (including phenoxy) is 1. The van der Waals surface area contributed by atoms with Crippen LogP contribution in [0.2, 0.25) is 0 Å². The van der Waals surface area contributed by atoms with Gasteiger partial charge in [-0.05, 0) is 30.2 Å². The number of methoxy groups -OCH3 is 1. The fraction of sp³-hybridized carbons (Fsp3) is 0.214. The summed E-state index contributed by atoms with van der Waals surface area (Å²) < 4.78 is 5.24. The zero-order valence-electron chi connectivity index (χ0n) is 10.1. The molecule has 3 heteroatoms. The van der Waals surface area contributed by atoms with Crippen LogP contribution in [-0.2, 0) is 6.54 Å². The van der Waals surface area contributed by atoms with Crippen LogP contribution < -0.4 is 10.1 Å². The minimum absolute atomic E-state index is 0.750. The van der Waals surface area contributed by atoms with Crippen LogP contribution in [0.4, 0.5) is 5.82 Å². The van der Waals surface area contributed by atoms with E-state index in [1.807, 2.05) is 24.3 Å². The summed E-state index contributed by atoms with van der Waals surface area (Å²) in [7, 11) is 1.65. The van der Waals surface area contributed by atoms with Gasteiger partial charge in [0.05, 0.1) is 7.11 Å². The molecule has 0 fully saturated rings. The van der Waals surface area contributed by atoms with Gasteiger partial charge in [0, 0.05) is 12.7 Å². The summed E-state index contributed by atoms with van der Waals surface area (Å²) in [6.07, 6.45) is 1.75. The van der Waals surface area contributed by atoms with E-state index in [1.54, 1.807) is 13.3 Å². The van der Waals surface area contributed by atoms with Gasteiger partial charge in [-0.25, -0.2) is 4.98 Å². The van der Waals surface area contributed by atoms with Gasteiger partial charge in [0.15, 0.2) is 11.6 Å². The fourth-order valence-electron chi connectivity index (χ4n) is 1.68. The van der Waals surface area contributed by atoms with Crippen molar-refractivity contribution < 1.29 is 4.74 Å². The lowest BCUT2D eigenvalue weighted by molar-refractivity contribution is 0.415. The van der Waals surface area contributed by atoms with Crippen LogP contribution in [0.15, 0.2) is 42.6 Å². The molecule has 88 valence electrons. The Hall–Kier alpha value is -2.03. The molecule has 0 spiro atoms. The van der Waals surface area contributed by atoms with Crippen molar-refractivity contribution in [3.05, 3.63) is 53.7 Å².